The van der Waals surface area contributed by atoms with Gasteiger partial charge >= 0.3 is 5.97 Å². The van der Waals surface area contributed by atoms with Crippen molar-refractivity contribution in [3.8, 4) is 0 Å². The largest absolute Gasteiger partial charge is 0.461 e. The average Bonchev–Trinajstić information content (AvgIpc) is 2.07. The minimum atomic E-state index is -0.759. The summed E-state index contributed by atoms with van der Waals surface area (Å²) in [4.78, 5) is 12.0. The third-order valence-electron chi connectivity index (χ3n) is 2.99. The zero-order chi connectivity index (χ0) is 14.8. The van der Waals surface area contributed by atoms with Gasteiger partial charge in [-0.3, -0.25) is 4.79 Å². The summed E-state index contributed by atoms with van der Waals surface area (Å²) in [5.41, 5.74) is -1.49. The van der Waals surface area contributed by atoms with Gasteiger partial charge in [0, 0.05) is 5.41 Å². The Bertz CT molecular complexity index is 279. The van der Waals surface area contributed by atoms with Crippen molar-refractivity contribution in [2.24, 2.45) is 10.8 Å². The topological polar surface area (TPSA) is 46.5 Å². The van der Waals surface area contributed by atoms with Gasteiger partial charge in [-0.05, 0) is 47.5 Å². The van der Waals surface area contributed by atoms with Crippen molar-refractivity contribution >= 4 is 5.97 Å². The number of hydrogen-bond acceptors (Lipinski definition) is 3. The lowest BCUT2D eigenvalue weighted by Gasteiger charge is -2.38. The fourth-order valence-corrected chi connectivity index (χ4v) is 2.33. The van der Waals surface area contributed by atoms with Crippen molar-refractivity contribution in [3.63, 3.8) is 0 Å². The van der Waals surface area contributed by atoms with Crippen molar-refractivity contribution in [1.29, 1.82) is 0 Å². The maximum atomic E-state index is 12.0. The first kappa shape index (κ1) is 17.4. The van der Waals surface area contributed by atoms with Gasteiger partial charge in [-0.25, -0.2) is 0 Å². The van der Waals surface area contributed by atoms with E-state index in [-0.39, 0.29) is 17.5 Å². The molecule has 108 valence electrons. The standard InChI is InChI=1S/C15H30O3/c1-9-11(18-12(16)13(2,3)4)14(5,6)10-15(7,8)17/h11,17H,9-10H2,1-8H3. The Morgan fingerprint density at radius 2 is 1.56 bits per heavy atom. The normalized spacial score (nSPS) is 15.4. The van der Waals surface area contributed by atoms with E-state index in [1.165, 1.54) is 0 Å². The maximum absolute atomic E-state index is 12.0. The molecule has 0 saturated carbocycles. The van der Waals surface area contributed by atoms with E-state index in [4.69, 9.17) is 4.74 Å². The van der Waals surface area contributed by atoms with Crippen LogP contribution >= 0.6 is 0 Å². The fourth-order valence-electron chi connectivity index (χ4n) is 2.33. The Labute approximate surface area is 112 Å². The number of aliphatic hydroxyl groups is 1. The molecule has 0 amide bonds. The Morgan fingerprint density at radius 3 is 1.83 bits per heavy atom. The van der Waals surface area contributed by atoms with E-state index in [0.29, 0.717) is 6.42 Å². The van der Waals surface area contributed by atoms with Gasteiger partial charge in [0.1, 0.15) is 6.10 Å². The number of carbonyl (C=O) groups is 1. The van der Waals surface area contributed by atoms with E-state index in [2.05, 4.69) is 0 Å². The van der Waals surface area contributed by atoms with Gasteiger partial charge in [0.2, 0.25) is 0 Å². The summed E-state index contributed by atoms with van der Waals surface area (Å²) in [5, 5.41) is 9.95. The summed E-state index contributed by atoms with van der Waals surface area (Å²) in [6.07, 6.45) is 1.18. The molecule has 3 nitrogen and oxygen atoms in total. The lowest BCUT2D eigenvalue weighted by atomic mass is 9.76. The van der Waals surface area contributed by atoms with Gasteiger partial charge in [0.25, 0.3) is 0 Å². The maximum Gasteiger partial charge on any atom is 0.311 e. The second-order valence-electron chi connectivity index (χ2n) is 7.53. The molecular formula is C15H30O3. The highest BCUT2D eigenvalue weighted by molar-refractivity contribution is 5.75. The lowest BCUT2D eigenvalue weighted by molar-refractivity contribution is -0.167. The summed E-state index contributed by atoms with van der Waals surface area (Å²) in [6.45, 7) is 15.2. The second-order valence-corrected chi connectivity index (χ2v) is 7.53. The number of ether oxygens (including phenoxy) is 1. The molecule has 1 unspecified atom stereocenters. The average molecular weight is 258 g/mol. The third-order valence-corrected chi connectivity index (χ3v) is 2.99. The minimum absolute atomic E-state index is 0.171. The fraction of sp³-hybridized carbons (Fsp3) is 0.933. The molecule has 1 N–H and O–H groups in total. The van der Waals surface area contributed by atoms with E-state index in [0.717, 1.165) is 6.42 Å². The number of hydrogen-bond donors (Lipinski definition) is 1. The zero-order valence-electron chi connectivity index (χ0n) is 13.3. The molecule has 3 heteroatoms. The number of carbonyl (C=O) groups excluding carboxylic acids is 1. The highest BCUT2D eigenvalue weighted by atomic mass is 16.5. The Kier molecular flexibility index (Phi) is 5.42. The first-order valence-electron chi connectivity index (χ1n) is 6.73. The molecule has 0 aliphatic heterocycles. The summed E-state index contributed by atoms with van der Waals surface area (Å²) in [5.74, 6) is -0.182. The van der Waals surface area contributed by atoms with Crippen LogP contribution in [0, 0.1) is 10.8 Å². The van der Waals surface area contributed by atoms with E-state index in [9.17, 15) is 9.90 Å². The van der Waals surface area contributed by atoms with Gasteiger partial charge in [-0.1, -0.05) is 20.8 Å². The van der Waals surface area contributed by atoms with Crippen LogP contribution in [0.4, 0.5) is 0 Å². The van der Waals surface area contributed by atoms with Crippen molar-refractivity contribution in [3.05, 3.63) is 0 Å². The minimum Gasteiger partial charge on any atom is -0.461 e. The number of esters is 1. The van der Waals surface area contributed by atoms with Gasteiger partial charge < -0.3 is 9.84 Å². The van der Waals surface area contributed by atoms with E-state index in [1.807, 2.05) is 41.5 Å². The summed E-state index contributed by atoms with van der Waals surface area (Å²) in [6, 6.07) is 0. The van der Waals surface area contributed by atoms with Gasteiger partial charge in [-0.15, -0.1) is 0 Å². The van der Waals surface area contributed by atoms with Crippen LogP contribution in [0.25, 0.3) is 0 Å². The summed E-state index contributed by atoms with van der Waals surface area (Å²) >= 11 is 0. The van der Waals surface area contributed by atoms with Gasteiger partial charge in [-0.2, -0.15) is 0 Å². The van der Waals surface area contributed by atoms with E-state index < -0.39 is 11.0 Å². The van der Waals surface area contributed by atoms with Gasteiger partial charge in [0.15, 0.2) is 0 Å². The Morgan fingerprint density at radius 1 is 1.11 bits per heavy atom. The molecule has 0 aliphatic rings. The molecule has 0 rings (SSSR count). The van der Waals surface area contributed by atoms with Crippen LogP contribution < -0.4 is 0 Å². The quantitative estimate of drug-likeness (QED) is 0.767. The molecule has 0 spiro atoms. The van der Waals surface area contributed by atoms with E-state index in [1.54, 1.807) is 13.8 Å². The molecule has 0 bridgehead atoms. The zero-order valence-corrected chi connectivity index (χ0v) is 13.3. The van der Waals surface area contributed by atoms with Crippen LogP contribution in [0.1, 0.15) is 68.2 Å². The molecule has 0 aromatic heterocycles. The van der Waals surface area contributed by atoms with Crippen molar-refractivity contribution in [1.82, 2.24) is 0 Å². The van der Waals surface area contributed by atoms with E-state index >= 15 is 0 Å². The molecule has 0 aliphatic carbocycles. The highest BCUT2D eigenvalue weighted by Gasteiger charge is 2.37. The lowest BCUT2D eigenvalue weighted by Crippen LogP contribution is -2.41. The molecule has 0 radical (unpaired) electrons. The first-order valence-corrected chi connectivity index (χ1v) is 6.73. The SMILES string of the molecule is CCC(OC(=O)C(C)(C)C)C(C)(C)CC(C)(C)O. The van der Waals surface area contributed by atoms with Crippen LogP contribution in [0.15, 0.2) is 0 Å². The molecule has 0 aromatic carbocycles. The monoisotopic (exact) mass is 258 g/mol. The molecule has 0 heterocycles. The third kappa shape index (κ3) is 5.85. The molecular weight excluding hydrogens is 228 g/mol. The second kappa shape index (κ2) is 5.60. The van der Waals surface area contributed by atoms with Crippen LogP contribution in [0.5, 0.6) is 0 Å². The van der Waals surface area contributed by atoms with Crippen LogP contribution in [-0.4, -0.2) is 22.8 Å². The smallest absolute Gasteiger partial charge is 0.311 e. The van der Waals surface area contributed by atoms with Crippen molar-refractivity contribution < 1.29 is 14.6 Å². The molecule has 0 aromatic rings. The highest BCUT2D eigenvalue weighted by Crippen LogP contribution is 2.35. The van der Waals surface area contributed by atoms with Crippen LogP contribution in [0.2, 0.25) is 0 Å². The van der Waals surface area contributed by atoms with Gasteiger partial charge in [0.05, 0.1) is 11.0 Å². The molecule has 18 heavy (non-hydrogen) atoms. The first-order chi connectivity index (χ1) is 7.79. The molecule has 0 saturated heterocycles. The molecule has 1 atom stereocenters. The van der Waals surface area contributed by atoms with Crippen LogP contribution in [0.3, 0.4) is 0 Å². The number of rotatable bonds is 5. The Balaban J connectivity index is 4.83. The van der Waals surface area contributed by atoms with Crippen molar-refractivity contribution in [2.45, 2.75) is 79.9 Å². The summed E-state index contributed by atoms with van der Waals surface area (Å²) in [7, 11) is 0. The van der Waals surface area contributed by atoms with Crippen molar-refractivity contribution in [2.75, 3.05) is 0 Å². The van der Waals surface area contributed by atoms with Crippen LogP contribution in [-0.2, 0) is 9.53 Å². The predicted octanol–water partition coefficient (Wildman–Crippen LogP) is 3.54. The summed E-state index contributed by atoms with van der Waals surface area (Å²) < 4.78 is 5.62. The Hall–Kier alpha value is -0.570. The predicted molar refractivity (Wildman–Crippen MR) is 74.3 cm³/mol. The molecule has 0 fully saturated rings.